The Morgan fingerprint density at radius 1 is 1.25 bits per heavy atom. The molecule has 3 rings (SSSR count). The summed E-state index contributed by atoms with van der Waals surface area (Å²) in [5.74, 6) is 0.182. The van der Waals surface area contributed by atoms with Crippen LogP contribution in [0.3, 0.4) is 0 Å². The molecule has 0 radical (unpaired) electrons. The van der Waals surface area contributed by atoms with Crippen LogP contribution in [0.25, 0.3) is 0 Å². The number of aromatic nitrogens is 1. The van der Waals surface area contributed by atoms with Crippen molar-refractivity contribution in [1.29, 1.82) is 0 Å². The van der Waals surface area contributed by atoms with Crippen LogP contribution < -0.4 is 10.6 Å². The first-order valence-corrected chi connectivity index (χ1v) is 9.05. The number of morpholine rings is 1. The largest absolute Gasteiger partial charge is 0.375 e. The first kappa shape index (κ1) is 17.3. The molecular formula is C18H28N4O2. The minimum absolute atomic E-state index is 0.0126. The standard InChI is InChI=1S/C18H28N4O2/c23-18(12-17-13-20-10-11-24-17)22(14-15-4-1-2-8-21-15)16-5-3-7-19-9-6-16/h1-2,4,8,16-17,19-20H,3,5-7,9-14H2/t16-,17+/m0/s1. The number of pyridine rings is 1. The second kappa shape index (κ2) is 9.11. The lowest BCUT2D eigenvalue weighted by molar-refractivity contribution is -0.138. The molecule has 0 unspecified atom stereocenters. The number of carbonyl (C=O) groups is 1. The van der Waals surface area contributed by atoms with Gasteiger partial charge in [0.05, 0.1) is 31.4 Å². The van der Waals surface area contributed by atoms with Crippen molar-refractivity contribution in [3.8, 4) is 0 Å². The SMILES string of the molecule is O=C(C[C@@H]1CNCCO1)N(Cc1ccccn1)[C@H]1CCCNCC1. The average molecular weight is 332 g/mol. The van der Waals surface area contributed by atoms with E-state index in [9.17, 15) is 4.79 Å². The Bertz CT molecular complexity index is 497. The van der Waals surface area contributed by atoms with Crippen LogP contribution in [0.15, 0.2) is 24.4 Å². The Labute approximate surface area is 144 Å². The second-order valence-corrected chi connectivity index (χ2v) is 6.58. The fourth-order valence-electron chi connectivity index (χ4n) is 3.46. The summed E-state index contributed by atoms with van der Waals surface area (Å²) in [6, 6.07) is 6.17. The topological polar surface area (TPSA) is 66.5 Å². The lowest BCUT2D eigenvalue weighted by Crippen LogP contribution is -2.45. The molecule has 0 saturated carbocycles. The summed E-state index contributed by atoms with van der Waals surface area (Å²) in [4.78, 5) is 19.4. The lowest BCUT2D eigenvalue weighted by atomic mass is 10.1. The maximum atomic E-state index is 13.0. The Morgan fingerprint density at radius 2 is 2.21 bits per heavy atom. The van der Waals surface area contributed by atoms with Crippen molar-refractivity contribution in [2.24, 2.45) is 0 Å². The number of nitrogens with one attached hydrogen (secondary N) is 2. The smallest absolute Gasteiger partial charge is 0.225 e. The molecule has 0 aromatic carbocycles. The Hall–Kier alpha value is -1.50. The minimum atomic E-state index is -0.0126. The van der Waals surface area contributed by atoms with Crippen molar-refractivity contribution < 1.29 is 9.53 Å². The van der Waals surface area contributed by atoms with E-state index in [1.807, 2.05) is 23.1 Å². The predicted octanol–water partition coefficient (Wildman–Crippen LogP) is 0.931. The van der Waals surface area contributed by atoms with Gasteiger partial charge in [-0.05, 0) is 44.5 Å². The Morgan fingerprint density at radius 3 is 3.00 bits per heavy atom. The zero-order valence-corrected chi connectivity index (χ0v) is 14.2. The molecule has 0 aliphatic carbocycles. The highest BCUT2D eigenvalue weighted by molar-refractivity contribution is 5.77. The van der Waals surface area contributed by atoms with Crippen molar-refractivity contribution in [1.82, 2.24) is 20.5 Å². The van der Waals surface area contributed by atoms with Gasteiger partial charge >= 0.3 is 0 Å². The van der Waals surface area contributed by atoms with Gasteiger partial charge in [0.2, 0.25) is 5.91 Å². The molecule has 6 nitrogen and oxygen atoms in total. The third-order valence-electron chi connectivity index (χ3n) is 4.77. The molecule has 2 fully saturated rings. The fraction of sp³-hybridized carbons (Fsp3) is 0.667. The number of carbonyl (C=O) groups excluding carboxylic acids is 1. The second-order valence-electron chi connectivity index (χ2n) is 6.58. The van der Waals surface area contributed by atoms with Gasteiger partial charge in [-0.25, -0.2) is 0 Å². The van der Waals surface area contributed by atoms with E-state index in [1.54, 1.807) is 6.20 Å². The van der Waals surface area contributed by atoms with E-state index in [2.05, 4.69) is 15.6 Å². The van der Waals surface area contributed by atoms with Crippen LogP contribution >= 0.6 is 0 Å². The highest BCUT2D eigenvalue weighted by atomic mass is 16.5. The zero-order valence-electron chi connectivity index (χ0n) is 14.2. The van der Waals surface area contributed by atoms with Gasteiger partial charge in [0.25, 0.3) is 0 Å². The zero-order chi connectivity index (χ0) is 16.6. The van der Waals surface area contributed by atoms with E-state index in [4.69, 9.17) is 4.74 Å². The fourth-order valence-corrected chi connectivity index (χ4v) is 3.46. The molecule has 2 aliphatic rings. The van der Waals surface area contributed by atoms with Crippen LogP contribution in [-0.4, -0.2) is 60.7 Å². The van der Waals surface area contributed by atoms with Crippen molar-refractivity contribution in [2.75, 3.05) is 32.8 Å². The van der Waals surface area contributed by atoms with Gasteiger partial charge in [-0.15, -0.1) is 0 Å². The first-order valence-electron chi connectivity index (χ1n) is 9.05. The maximum absolute atomic E-state index is 13.0. The van der Waals surface area contributed by atoms with Gasteiger partial charge in [0.1, 0.15) is 0 Å². The van der Waals surface area contributed by atoms with Crippen LogP contribution in [0.5, 0.6) is 0 Å². The van der Waals surface area contributed by atoms with Crippen LogP contribution in [0.1, 0.15) is 31.4 Å². The van der Waals surface area contributed by atoms with Crippen LogP contribution in [0.4, 0.5) is 0 Å². The van der Waals surface area contributed by atoms with E-state index in [0.29, 0.717) is 19.6 Å². The summed E-state index contributed by atoms with van der Waals surface area (Å²) >= 11 is 0. The summed E-state index contributed by atoms with van der Waals surface area (Å²) in [7, 11) is 0. The molecule has 0 bridgehead atoms. The van der Waals surface area contributed by atoms with Gasteiger partial charge in [-0.3, -0.25) is 9.78 Å². The van der Waals surface area contributed by atoms with E-state index in [-0.39, 0.29) is 18.1 Å². The van der Waals surface area contributed by atoms with E-state index >= 15 is 0 Å². The molecule has 1 amide bonds. The average Bonchev–Trinajstić information content (AvgIpc) is 2.90. The number of ether oxygens (including phenoxy) is 1. The molecule has 1 aromatic rings. The van der Waals surface area contributed by atoms with Crippen molar-refractivity contribution in [3.05, 3.63) is 30.1 Å². The van der Waals surface area contributed by atoms with Gasteiger partial charge < -0.3 is 20.3 Å². The summed E-state index contributed by atoms with van der Waals surface area (Å²) in [5.41, 5.74) is 0.950. The molecule has 2 atom stereocenters. The number of hydrogen-bond acceptors (Lipinski definition) is 5. The van der Waals surface area contributed by atoms with Crippen LogP contribution in [-0.2, 0) is 16.1 Å². The van der Waals surface area contributed by atoms with E-state index in [1.165, 1.54) is 0 Å². The number of rotatable bonds is 5. The van der Waals surface area contributed by atoms with Crippen molar-refractivity contribution in [2.45, 2.75) is 44.4 Å². The highest BCUT2D eigenvalue weighted by Crippen LogP contribution is 2.18. The van der Waals surface area contributed by atoms with E-state index in [0.717, 1.165) is 51.1 Å². The van der Waals surface area contributed by atoms with Gasteiger partial charge in [-0.1, -0.05) is 6.07 Å². The Kier molecular flexibility index (Phi) is 6.57. The van der Waals surface area contributed by atoms with Crippen LogP contribution in [0.2, 0.25) is 0 Å². The summed E-state index contributed by atoms with van der Waals surface area (Å²) in [6.07, 6.45) is 5.39. The normalized spacial score (nSPS) is 25.0. The first-order chi connectivity index (χ1) is 11.8. The molecule has 2 N–H and O–H groups in total. The highest BCUT2D eigenvalue weighted by Gasteiger charge is 2.27. The summed E-state index contributed by atoms with van der Waals surface area (Å²) in [5, 5.41) is 6.73. The molecule has 24 heavy (non-hydrogen) atoms. The quantitative estimate of drug-likeness (QED) is 0.840. The maximum Gasteiger partial charge on any atom is 0.225 e. The predicted molar refractivity (Wildman–Crippen MR) is 92.5 cm³/mol. The van der Waals surface area contributed by atoms with Crippen molar-refractivity contribution >= 4 is 5.91 Å². The minimum Gasteiger partial charge on any atom is -0.375 e. The molecule has 132 valence electrons. The third kappa shape index (κ3) is 5.00. The molecule has 2 saturated heterocycles. The molecule has 1 aromatic heterocycles. The lowest BCUT2D eigenvalue weighted by Gasteiger charge is -2.33. The summed E-state index contributed by atoms with van der Waals surface area (Å²) in [6.45, 7) is 4.91. The van der Waals surface area contributed by atoms with Gasteiger partial charge in [-0.2, -0.15) is 0 Å². The number of amides is 1. The molecular weight excluding hydrogens is 304 g/mol. The van der Waals surface area contributed by atoms with E-state index < -0.39 is 0 Å². The molecule has 0 spiro atoms. The monoisotopic (exact) mass is 332 g/mol. The third-order valence-corrected chi connectivity index (χ3v) is 4.77. The molecule has 6 heteroatoms. The number of nitrogens with zero attached hydrogens (tertiary/aromatic N) is 2. The molecule has 3 heterocycles. The van der Waals surface area contributed by atoms with Crippen LogP contribution in [0, 0.1) is 0 Å². The van der Waals surface area contributed by atoms with Gasteiger partial charge in [0, 0.05) is 25.3 Å². The number of hydrogen-bond donors (Lipinski definition) is 2. The van der Waals surface area contributed by atoms with Crippen molar-refractivity contribution in [3.63, 3.8) is 0 Å². The Balaban J connectivity index is 1.68. The molecule has 2 aliphatic heterocycles. The summed E-state index contributed by atoms with van der Waals surface area (Å²) < 4.78 is 5.72. The van der Waals surface area contributed by atoms with Gasteiger partial charge in [0.15, 0.2) is 0 Å².